The van der Waals surface area contributed by atoms with E-state index in [4.69, 9.17) is 4.74 Å². The van der Waals surface area contributed by atoms with Crippen molar-refractivity contribution in [2.24, 2.45) is 0 Å². The van der Waals surface area contributed by atoms with Gasteiger partial charge in [-0.15, -0.1) is 0 Å². The van der Waals surface area contributed by atoms with Gasteiger partial charge in [-0.1, -0.05) is 60.7 Å². The number of carbonyl (C=O) groups is 1. The van der Waals surface area contributed by atoms with E-state index in [2.05, 4.69) is 9.97 Å². The minimum atomic E-state index is -0.480. The van der Waals surface area contributed by atoms with Crippen molar-refractivity contribution in [1.82, 2.24) is 9.97 Å². The molecule has 3 aromatic rings. The zero-order valence-electron chi connectivity index (χ0n) is 13.0. The van der Waals surface area contributed by atoms with E-state index in [1.165, 1.54) is 7.11 Å². The van der Waals surface area contributed by atoms with Crippen molar-refractivity contribution in [2.75, 3.05) is 7.11 Å². The molecule has 0 unspecified atom stereocenters. The van der Waals surface area contributed by atoms with Gasteiger partial charge < -0.3 is 4.74 Å². The third-order valence-electron chi connectivity index (χ3n) is 3.54. The van der Waals surface area contributed by atoms with Gasteiger partial charge in [0.05, 0.1) is 24.2 Å². The van der Waals surface area contributed by atoms with E-state index in [0.717, 1.165) is 16.8 Å². The molecule has 0 aliphatic rings. The summed E-state index contributed by atoms with van der Waals surface area (Å²) in [6.07, 6.45) is 0. The maximum Gasteiger partial charge on any atom is 0.358 e. The van der Waals surface area contributed by atoms with E-state index in [1.54, 1.807) is 6.92 Å². The van der Waals surface area contributed by atoms with Crippen LogP contribution in [-0.4, -0.2) is 23.0 Å². The summed E-state index contributed by atoms with van der Waals surface area (Å²) >= 11 is 0. The predicted molar refractivity (Wildman–Crippen MR) is 89.0 cm³/mol. The van der Waals surface area contributed by atoms with Crippen molar-refractivity contribution in [3.8, 4) is 22.5 Å². The highest BCUT2D eigenvalue weighted by Crippen LogP contribution is 2.29. The number of benzene rings is 2. The lowest BCUT2D eigenvalue weighted by Gasteiger charge is -2.12. The molecule has 0 aliphatic carbocycles. The Morgan fingerprint density at radius 1 is 0.826 bits per heavy atom. The Morgan fingerprint density at radius 2 is 1.30 bits per heavy atom. The highest BCUT2D eigenvalue weighted by molar-refractivity contribution is 5.90. The number of aromatic nitrogens is 2. The molecule has 0 saturated heterocycles. The van der Waals surface area contributed by atoms with Crippen molar-refractivity contribution in [3.05, 3.63) is 72.1 Å². The Kier molecular flexibility index (Phi) is 4.15. The molecule has 23 heavy (non-hydrogen) atoms. The van der Waals surface area contributed by atoms with Crippen molar-refractivity contribution >= 4 is 5.97 Å². The second-order valence-electron chi connectivity index (χ2n) is 5.08. The van der Waals surface area contributed by atoms with Crippen molar-refractivity contribution in [1.29, 1.82) is 0 Å². The Balaban J connectivity index is 2.27. The van der Waals surface area contributed by atoms with Gasteiger partial charge in [-0.2, -0.15) is 0 Å². The molecular formula is C19H16N2O2. The molecular weight excluding hydrogens is 288 g/mol. The monoisotopic (exact) mass is 304 g/mol. The van der Waals surface area contributed by atoms with E-state index in [1.807, 2.05) is 60.7 Å². The van der Waals surface area contributed by atoms with Crippen LogP contribution in [0.1, 0.15) is 16.2 Å². The molecule has 1 aromatic heterocycles. The number of hydrogen-bond acceptors (Lipinski definition) is 4. The van der Waals surface area contributed by atoms with E-state index < -0.39 is 5.97 Å². The summed E-state index contributed by atoms with van der Waals surface area (Å²) in [5.74, 6) is -0.480. The molecule has 4 nitrogen and oxygen atoms in total. The number of methoxy groups -OCH3 is 1. The molecule has 0 amide bonds. The summed E-state index contributed by atoms with van der Waals surface area (Å²) in [5.41, 5.74) is 4.08. The number of nitrogens with zero attached hydrogens (tertiary/aromatic N) is 2. The van der Waals surface area contributed by atoms with Gasteiger partial charge in [-0.25, -0.2) is 14.8 Å². The SMILES string of the molecule is COC(=O)c1nc(-c2ccccc2)c(-c2ccccc2)nc1C. The maximum absolute atomic E-state index is 11.9. The summed E-state index contributed by atoms with van der Waals surface area (Å²) in [5, 5.41) is 0. The lowest BCUT2D eigenvalue weighted by atomic mass is 10.0. The minimum Gasteiger partial charge on any atom is -0.464 e. The van der Waals surface area contributed by atoms with Gasteiger partial charge in [0.15, 0.2) is 5.69 Å². The Morgan fingerprint density at radius 3 is 1.78 bits per heavy atom. The topological polar surface area (TPSA) is 52.1 Å². The summed E-state index contributed by atoms with van der Waals surface area (Å²) in [7, 11) is 1.34. The van der Waals surface area contributed by atoms with E-state index in [9.17, 15) is 4.79 Å². The quantitative estimate of drug-likeness (QED) is 0.688. The fraction of sp³-hybridized carbons (Fsp3) is 0.105. The number of rotatable bonds is 3. The number of ether oxygens (including phenoxy) is 1. The molecule has 0 saturated carbocycles. The van der Waals surface area contributed by atoms with Gasteiger partial charge in [0.1, 0.15) is 0 Å². The van der Waals surface area contributed by atoms with Crippen LogP contribution in [0.2, 0.25) is 0 Å². The van der Waals surface area contributed by atoms with Crippen LogP contribution < -0.4 is 0 Å². The Hall–Kier alpha value is -3.01. The van der Waals surface area contributed by atoms with E-state index >= 15 is 0 Å². The molecule has 0 aliphatic heterocycles. The summed E-state index contributed by atoms with van der Waals surface area (Å²) < 4.78 is 4.81. The first kappa shape index (κ1) is 14.9. The second-order valence-corrected chi connectivity index (χ2v) is 5.08. The first-order valence-electron chi connectivity index (χ1n) is 7.28. The lowest BCUT2D eigenvalue weighted by molar-refractivity contribution is 0.0592. The third-order valence-corrected chi connectivity index (χ3v) is 3.54. The van der Waals surface area contributed by atoms with Gasteiger partial charge in [0.25, 0.3) is 0 Å². The normalized spacial score (nSPS) is 10.3. The molecule has 0 N–H and O–H groups in total. The summed E-state index contributed by atoms with van der Waals surface area (Å²) in [4.78, 5) is 21.1. The number of carbonyl (C=O) groups excluding carboxylic acids is 1. The maximum atomic E-state index is 11.9. The van der Waals surface area contributed by atoms with Gasteiger partial charge >= 0.3 is 5.97 Å². The van der Waals surface area contributed by atoms with Gasteiger partial charge in [-0.3, -0.25) is 0 Å². The summed E-state index contributed by atoms with van der Waals surface area (Å²) in [6, 6.07) is 19.5. The smallest absolute Gasteiger partial charge is 0.358 e. The standard InChI is InChI=1S/C19H16N2O2/c1-13-16(19(22)23-2)21-18(15-11-7-4-8-12-15)17(20-13)14-9-5-3-6-10-14/h3-12H,1-2H3. The van der Waals surface area contributed by atoms with Crippen LogP contribution in [0.5, 0.6) is 0 Å². The molecule has 0 spiro atoms. The number of hydrogen-bond donors (Lipinski definition) is 0. The van der Waals surface area contributed by atoms with Crippen LogP contribution in [0.15, 0.2) is 60.7 Å². The van der Waals surface area contributed by atoms with Crippen molar-refractivity contribution < 1.29 is 9.53 Å². The first-order chi connectivity index (χ1) is 11.2. The van der Waals surface area contributed by atoms with Gasteiger partial charge in [0, 0.05) is 11.1 Å². The second kappa shape index (κ2) is 6.40. The summed E-state index contributed by atoms with van der Waals surface area (Å²) in [6.45, 7) is 1.76. The zero-order valence-corrected chi connectivity index (χ0v) is 13.0. The fourth-order valence-corrected chi connectivity index (χ4v) is 2.40. The van der Waals surface area contributed by atoms with Crippen LogP contribution in [0, 0.1) is 6.92 Å². The molecule has 0 bridgehead atoms. The van der Waals surface area contributed by atoms with Crippen molar-refractivity contribution in [2.45, 2.75) is 6.92 Å². The predicted octanol–water partition coefficient (Wildman–Crippen LogP) is 3.91. The van der Waals surface area contributed by atoms with Crippen LogP contribution in [0.25, 0.3) is 22.5 Å². The number of aryl methyl sites for hydroxylation is 1. The van der Waals surface area contributed by atoms with Gasteiger partial charge in [0.2, 0.25) is 0 Å². The third kappa shape index (κ3) is 2.97. The first-order valence-corrected chi connectivity index (χ1v) is 7.28. The molecule has 0 radical (unpaired) electrons. The molecule has 1 heterocycles. The largest absolute Gasteiger partial charge is 0.464 e. The van der Waals surface area contributed by atoms with Crippen molar-refractivity contribution in [3.63, 3.8) is 0 Å². The average Bonchev–Trinajstić information content (AvgIpc) is 2.62. The van der Waals surface area contributed by atoms with E-state index in [0.29, 0.717) is 11.4 Å². The molecule has 114 valence electrons. The Bertz CT molecular complexity index is 831. The molecule has 0 fully saturated rings. The number of esters is 1. The van der Waals surface area contributed by atoms with Crippen LogP contribution in [-0.2, 0) is 4.74 Å². The van der Waals surface area contributed by atoms with E-state index in [-0.39, 0.29) is 5.69 Å². The molecule has 0 atom stereocenters. The van der Waals surface area contributed by atoms with Crippen LogP contribution in [0.4, 0.5) is 0 Å². The Labute approximate surface area is 134 Å². The molecule has 4 heteroatoms. The molecule has 2 aromatic carbocycles. The van der Waals surface area contributed by atoms with Crippen LogP contribution >= 0.6 is 0 Å². The zero-order chi connectivity index (χ0) is 16.2. The van der Waals surface area contributed by atoms with Crippen LogP contribution in [0.3, 0.4) is 0 Å². The average molecular weight is 304 g/mol. The minimum absolute atomic E-state index is 0.242. The highest BCUT2D eigenvalue weighted by Gasteiger charge is 2.19. The van der Waals surface area contributed by atoms with Gasteiger partial charge in [-0.05, 0) is 6.92 Å². The molecule has 3 rings (SSSR count). The highest BCUT2D eigenvalue weighted by atomic mass is 16.5. The lowest BCUT2D eigenvalue weighted by Crippen LogP contribution is -2.10. The fourth-order valence-electron chi connectivity index (χ4n) is 2.40.